The van der Waals surface area contributed by atoms with Crippen LogP contribution in [0.5, 0.6) is 11.5 Å². The normalized spacial score (nSPS) is 10.5. The van der Waals surface area contributed by atoms with Crippen LogP contribution >= 0.6 is 0 Å². The van der Waals surface area contributed by atoms with Crippen molar-refractivity contribution in [3.8, 4) is 44.9 Å². The summed E-state index contributed by atoms with van der Waals surface area (Å²) in [4.78, 5) is 4.12. The average Bonchev–Trinajstić information content (AvgIpc) is 2.79. The van der Waals surface area contributed by atoms with Gasteiger partial charge in [-0.3, -0.25) is 4.98 Å². The molecule has 1 aromatic heterocycles. The fourth-order valence-corrected chi connectivity index (χ4v) is 3.38. The van der Waals surface area contributed by atoms with E-state index < -0.39 is 0 Å². The second-order valence-electron chi connectivity index (χ2n) is 6.43. The van der Waals surface area contributed by atoms with Gasteiger partial charge < -0.3 is 9.47 Å². The number of hydrogen-bond donors (Lipinski definition) is 0. The van der Waals surface area contributed by atoms with Crippen LogP contribution in [-0.2, 0) is 0 Å². The Bertz CT molecular complexity index is 987. The summed E-state index contributed by atoms with van der Waals surface area (Å²) >= 11 is 0. The zero-order valence-corrected chi connectivity index (χ0v) is 15.9. The second kappa shape index (κ2) is 7.97. The topological polar surface area (TPSA) is 31.4 Å². The molecule has 0 saturated heterocycles. The number of benzene rings is 3. The Balaban J connectivity index is 1.84. The molecule has 1 heterocycles. The van der Waals surface area contributed by atoms with Crippen molar-refractivity contribution in [2.24, 2.45) is 0 Å². The van der Waals surface area contributed by atoms with E-state index in [0.29, 0.717) is 0 Å². The van der Waals surface area contributed by atoms with Crippen molar-refractivity contribution in [2.45, 2.75) is 0 Å². The zero-order chi connectivity index (χ0) is 19.3. The number of hydrogen-bond acceptors (Lipinski definition) is 3. The van der Waals surface area contributed by atoms with Gasteiger partial charge in [-0.25, -0.2) is 0 Å². The van der Waals surface area contributed by atoms with Crippen molar-refractivity contribution in [2.75, 3.05) is 14.2 Å². The minimum atomic E-state index is 0.840. The highest BCUT2D eigenvalue weighted by atomic mass is 16.5. The van der Waals surface area contributed by atoms with E-state index in [1.165, 1.54) is 0 Å². The summed E-state index contributed by atoms with van der Waals surface area (Å²) in [5.41, 5.74) is 6.56. The Kier molecular flexibility index (Phi) is 5.07. The molecule has 4 aromatic rings. The van der Waals surface area contributed by atoms with Crippen LogP contribution in [0.25, 0.3) is 33.4 Å². The molecule has 0 aliphatic heterocycles. The SMILES string of the molecule is COc1ccc(-c2ccc(OC)c(-c3ccncc3)c2)cc1-c1ccccc1. The lowest BCUT2D eigenvalue weighted by atomic mass is 9.95. The predicted molar refractivity (Wildman–Crippen MR) is 114 cm³/mol. The van der Waals surface area contributed by atoms with E-state index in [1.807, 2.05) is 42.5 Å². The number of methoxy groups -OCH3 is 2. The smallest absolute Gasteiger partial charge is 0.126 e. The molecule has 4 rings (SSSR count). The fraction of sp³-hybridized carbons (Fsp3) is 0.0800. The number of aromatic nitrogens is 1. The molecule has 28 heavy (non-hydrogen) atoms. The first-order valence-electron chi connectivity index (χ1n) is 9.12. The summed E-state index contributed by atoms with van der Waals surface area (Å²) in [5.74, 6) is 1.70. The van der Waals surface area contributed by atoms with Crippen LogP contribution in [-0.4, -0.2) is 19.2 Å². The van der Waals surface area contributed by atoms with E-state index in [-0.39, 0.29) is 0 Å². The van der Waals surface area contributed by atoms with Crippen LogP contribution in [0, 0.1) is 0 Å². The zero-order valence-electron chi connectivity index (χ0n) is 15.9. The van der Waals surface area contributed by atoms with Gasteiger partial charge in [-0.15, -0.1) is 0 Å². The molecule has 0 atom stereocenters. The average molecular weight is 367 g/mol. The Labute approximate surface area is 165 Å². The van der Waals surface area contributed by atoms with Crippen molar-refractivity contribution in [3.63, 3.8) is 0 Å². The molecule has 0 radical (unpaired) electrons. The van der Waals surface area contributed by atoms with Crippen molar-refractivity contribution in [1.82, 2.24) is 4.98 Å². The monoisotopic (exact) mass is 367 g/mol. The standard InChI is InChI=1S/C25H21NO2/c1-27-24-10-8-20(16-22(24)18-6-4-3-5-7-18)21-9-11-25(28-2)23(17-21)19-12-14-26-15-13-19/h3-17H,1-2H3. The quantitative estimate of drug-likeness (QED) is 0.427. The number of pyridine rings is 1. The van der Waals surface area contributed by atoms with E-state index in [1.54, 1.807) is 26.6 Å². The molecule has 3 nitrogen and oxygen atoms in total. The van der Waals surface area contributed by atoms with Crippen LogP contribution in [0.4, 0.5) is 0 Å². The summed E-state index contributed by atoms with van der Waals surface area (Å²) in [6.07, 6.45) is 3.59. The number of rotatable bonds is 5. The van der Waals surface area contributed by atoms with Gasteiger partial charge in [0.05, 0.1) is 14.2 Å². The number of ether oxygens (including phenoxy) is 2. The second-order valence-corrected chi connectivity index (χ2v) is 6.43. The Morgan fingerprint density at radius 1 is 0.536 bits per heavy atom. The van der Waals surface area contributed by atoms with Crippen LogP contribution in [0.1, 0.15) is 0 Å². The van der Waals surface area contributed by atoms with Gasteiger partial charge in [0.2, 0.25) is 0 Å². The van der Waals surface area contributed by atoms with Gasteiger partial charge in [0.25, 0.3) is 0 Å². The predicted octanol–water partition coefficient (Wildman–Crippen LogP) is 6.10. The molecule has 0 fully saturated rings. The third-order valence-electron chi connectivity index (χ3n) is 4.81. The molecule has 0 amide bonds. The maximum absolute atomic E-state index is 5.59. The highest BCUT2D eigenvalue weighted by molar-refractivity contribution is 5.81. The summed E-state index contributed by atoms with van der Waals surface area (Å²) in [5, 5.41) is 0. The lowest BCUT2D eigenvalue weighted by Gasteiger charge is -2.14. The van der Waals surface area contributed by atoms with E-state index >= 15 is 0 Å². The Morgan fingerprint density at radius 3 is 1.54 bits per heavy atom. The van der Waals surface area contributed by atoms with Crippen LogP contribution in [0.15, 0.2) is 91.3 Å². The van der Waals surface area contributed by atoms with E-state index in [9.17, 15) is 0 Å². The Hall–Kier alpha value is -3.59. The minimum Gasteiger partial charge on any atom is -0.496 e. The van der Waals surface area contributed by atoms with Gasteiger partial charge in [0, 0.05) is 23.5 Å². The highest BCUT2D eigenvalue weighted by Crippen LogP contribution is 2.37. The molecule has 138 valence electrons. The van der Waals surface area contributed by atoms with Crippen molar-refractivity contribution in [3.05, 3.63) is 91.3 Å². The molecule has 3 heteroatoms. The molecule has 0 spiro atoms. The van der Waals surface area contributed by atoms with Crippen LogP contribution in [0.2, 0.25) is 0 Å². The molecule has 3 aromatic carbocycles. The summed E-state index contributed by atoms with van der Waals surface area (Å²) in [6, 6.07) is 26.8. The summed E-state index contributed by atoms with van der Waals surface area (Å²) < 4.78 is 11.2. The third-order valence-corrected chi connectivity index (χ3v) is 4.81. The lowest BCUT2D eigenvalue weighted by Crippen LogP contribution is -1.91. The van der Waals surface area contributed by atoms with Crippen LogP contribution < -0.4 is 9.47 Å². The van der Waals surface area contributed by atoms with Gasteiger partial charge in [-0.2, -0.15) is 0 Å². The van der Waals surface area contributed by atoms with E-state index in [2.05, 4.69) is 41.4 Å². The Morgan fingerprint density at radius 2 is 1.04 bits per heavy atom. The van der Waals surface area contributed by atoms with Gasteiger partial charge in [-0.05, 0) is 58.7 Å². The first-order chi connectivity index (χ1) is 13.8. The lowest BCUT2D eigenvalue weighted by molar-refractivity contribution is 0.416. The van der Waals surface area contributed by atoms with Crippen LogP contribution in [0.3, 0.4) is 0 Å². The molecule has 0 aliphatic rings. The third kappa shape index (κ3) is 3.47. The van der Waals surface area contributed by atoms with Gasteiger partial charge in [-0.1, -0.05) is 42.5 Å². The first-order valence-corrected chi connectivity index (χ1v) is 9.12. The van der Waals surface area contributed by atoms with E-state index in [0.717, 1.165) is 44.9 Å². The molecular weight excluding hydrogens is 346 g/mol. The summed E-state index contributed by atoms with van der Waals surface area (Å²) in [6.45, 7) is 0. The summed E-state index contributed by atoms with van der Waals surface area (Å²) in [7, 11) is 3.40. The molecule has 0 aliphatic carbocycles. The van der Waals surface area contributed by atoms with Gasteiger partial charge >= 0.3 is 0 Å². The van der Waals surface area contributed by atoms with E-state index in [4.69, 9.17) is 9.47 Å². The number of nitrogens with zero attached hydrogens (tertiary/aromatic N) is 1. The fourth-order valence-electron chi connectivity index (χ4n) is 3.38. The molecule has 0 unspecified atom stereocenters. The van der Waals surface area contributed by atoms with Crippen molar-refractivity contribution in [1.29, 1.82) is 0 Å². The van der Waals surface area contributed by atoms with Crippen molar-refractivity contribution < 1.29 is 9.47 Å². The highest BCUT2D eigenvalue weighted by Gasteiger charge is 2.11. The molecule has 0 bridgehead atoms. The maximum atomic E-state index is 5.59. The molecule has 0 saturated carbocycles. The van der Waals surface area contributed by atoms with Gasteiger partial charge in [0.15, 0.2) is 0 Å². The van der Waals surface area contributed by atoms with Crippen molar-refractivity contribution >= 4 is 0 Å². The largest absolute Gasteiger partial charge is 0.496 e. The molecule has 0 N–H and O–H groups in total. The first kappa shape index (κ1) is 17.8. The van der Waals surface area contributed by atoms with Gasteiger partial charge in [0.1, 0.15) is 11.5 Å². The maximum Gasteiger partial charge on any atom is 0.126 e. The minimum absolute atomic E-state index is 0.840. The molecular formula is C25H21NO2.